The van der Waals surface area contributed by atoms with E-state index in [1.54, 1.807) is 0 Å². The SMILES string of the molecule is COc1ccc(S(=O)(=O)N2CCCCC2)cc1NS(=O)(=O)c1cc([N+](=O)[O-])ccc1C. The van der Waals surface area contributed by atoms with E-state index < -0.39 is 25.0 Å². The van der Waals surface area contributed by atoms with Crippen molar-refractivity contribution < 1.29 is 26.5 Å². The van der Waals surface area contributed by atoms with Gasteiger partial charge in [0.1, 0.15) is 5.75 Å². The Morgan fingerprint density at radius 2 is 1.71 bits per heavy atom. The second-order valence-corrected chi connectivity index (χ2v) is 10.7. The fourth-order valence-electron chi connectivity index (χ4n) is 3.37. The van der Waals surface area contributed by atoms with Crippen LogP contribution in [0.1, 0.15) is 24.8 Å². The van der Waals surface area contributed by atoms with Gasteiger partial charge >= 0.3 is 0 Å². The van der Waals surface area contributed by atoms with E-state index in [0.717, 1.165) is 25.3 Å². The van der Waals surface area contributed by atoms with Gasteiger partial charge in [-0.25, -0.2) is 16.8 Å². The van der Waals surface area contributed by atoms with E-state index in [0.29, 0.717) is 18.7 Å². The van der Waals surface area contributed by atoms with Gasteiger partial charge in [-0.2, -0.15) is 4.31 Å². The molecule has 1 saturated heterocycles. The van der Waals surface area contributed by atoms with Gasteiger partial charge in [-0.3, -0.25) is 14.8 Å². The van der Waals surface area contributed by atoms with Gasteiger partial charge in [0.15, 0.2) is 0 Å². The zero-order chi connectivity index (χ0) is 22.8. The van der Waals surface area contributed by atoms with E-state index in [-0.39, 0.29) is 26.9 Å². The van der Waals surface area contributed by atoms with Crippen molar-refractivity contribution in [3.8, 4) is 5.75 Å². The van der Waals surface area contributed by atoms with Gasteiger partial charge in [-0.15, -0.1) is 0 Å². The van der Waals surface area contributed by atoms with E-state index in [2.05, 4.69) is 4.72 Å². The minimum Gasteiger partial charge on any atom is -0.495 e. The van der Waals surface area contributed by atoms with Crippen LogP contribution in [-0.4, -0.2) is 46.3 Å². The van der Waals surface area contributed by atoms with Gasteiger partial charge in [0.25, 0.3) is 15.7 Å². The van der Waals surface area contributed by atoms with Crippen LogP contribution in [-0.2, 0) is 20.0 Å². The van der Waals surface area contributed by atoms with Crippen molar-refractivity contribution in [1.29, 1.82) is 0 Å². The highest BCUT2D eigenvalue weighted by molar-refractivity contribution is 7.92. The third-order valence-corrected chi connectivity index (χ3v) is 8.44. The van der Waals surface area contributed by atoms with Gasteiger partial charge in [0.05, 0.1) is 27.5 Å². The number of sulfonamides is 2. The molecule has 12 heteroatoms. The first-order valence-electron chi connectivity index (χ1n) is 9.52. The highest BCUT2D eigenvalue weighted by Crippen LogP contribution is 2.32. The number of nitrogens with zero attached hydrogens (tertiary/aromatic N) is 2. The lowest BCUT2D eigenvalue weighted by Crippen LogP contribution is -2.35. The van der Waals surface area contributed by atoms with Crippen molar-refractivity contribution >= 4 is 31.4 Å². The van der Waals surface area contributed by atoms with Crippen LogP contribution in [0.25, 0.3) is 0 Å². The summed E-state index contributed by atoms with van der Waals surface area (Å²) in [5.74, 6) is 0.115. The summed E-state index contributed by atoms with van der Waals surface area (Å²) in [4.78, 5) is 10.0. The number of benzene rings is 2. The smallest absolute Gasteiger partial charge is 0.270 e. The summed E-state index contributed by atoms with van der Waals surface area (Å²) < 4.78 is 60.8. The van der Waals surface area contributed by atoms with Crippen LogP contribution < -0.4 is 9.46 Å². The lowest BCUT2D eigenvalue weighted by molar-refractivity contribution is -0.385. The van der Waals surface area contributed by atoms with Crippen LogP contribution in [0.4, 0.5) is 11.4 Å². The first-order valence-corrected chi connectivity index (χ1v) is 12.4. The maximum absolute atomic E-state index is 13.0. The molecule has 2 aromatic rings. The third kappa shape index (κ3) is 4.81. The Morgan fingerprint density at radius 1 is 1.03 bits per heavy atom. The van der Waals surface area contributed by atoms with Crippen molar-refractivity contribution in [2.24, 2.45) is 0 Å². The summed E-state index contributed by atoms with van der Waals surface area (Å²) in [6.07, 6.45) is 2.49. The number of hydrogen-bond acceptors (Lipinski definition) is 7. The van der Waals surface area contributed by atoms with Crippen LogP contribution in [0.2, 0.25) is 0 Å². The Bertz CT molecular complexity index is 1210. The molecule has 0 atom stereocenters. The molecule has 1 fully saturated rings. The molecule has 31 heavy (non-hydrogen) atoms. The number of nitro groups is 1. The van der Waals surface area contributed by atoms with Crippen LogP contribution in [0.3, 0.4) is 0 Å². The van der Waals surface area contributed by atoms with Gasteiger partial charge in [0, 0.05) is 25.2 Å². The Balaban J connectivity index is 2.02. The predicted octanol–water partition coefficient (Wildman–Crippen LogP) is 2.89. The summed E-state index contributed by atoms with van der Waals surface area (Å²) in [7, 11) is -6.74. The van der Waals surface area contributed by atoms with Crippen molar-refractivity contribution in [1.82, 2.24) is 4.31 Å². The summed E-state index contributed by atoms with van der Waals surface area (Å²) in [6, 6.07) is 7.43. The summed E-state index contributed by atoms with van der Waals surface area (Å²) >= 11 is 0. The molecule has 0 bridgehead atoms. The van der Waals surface area contributed by atoms with Crippen molar-refractivity contribution in [2.75, 3.05) is 24.9 Å². The van der Waals surface area contributed by atoms with E-state index in [1.165, 1.54) is 48.7 Å². The molecule has 2 aromatic carbocycles. The lowest BCUT2D eigenvalue weighted by Gasteiger charge is -2.26. The van der Waals surface area contributed by atoms with E-state index in [1.807, 2.05) is 0 Å². The predicted molar refractivity (Wildman–Crippen MR) is 114 cm³/mol. The molecule has 1 aliphatic heterocycles. The van der Waals surface area contributed by atoms with E-state index in [4.69, 9.17) is 4.74 Å². The number of rotatable bonds is 7. The number of hydrogen-bond donors (Lipinski definition) is 1. The molecule has 0 unspecified atom stereocenters. The van der Waals surface area contributed by atoms with Gasteiger partial charge in [-0.05, 0) is 43.5 Å². The number of non-ortho nitro benzene ring substituents is 1. The maximum Gasteiger partial charge on any atom is 0.270 e. The topological polar surface area (TPSA) is 136 Å². The maximum atomic E-state index is 13.0. The van der Waals surface area contributed by atoms with E-state index in [9.17, 15) is 26.9 Å². The molecule has 0 saturated carbocycles. The molecule has 1 heterocycles. The molecule has 0 amide bonds. The van der Waals surface area contributed by atoms with Crippen molar-refractivity contribution in [3.63, 3.8) is 0 Å². The Labute approximate surface area is 181 Å². The van der Waals surface area contributed by atoms with Gasteiger partial charge in [0.2, 0.25) is 10.0 Å². The highest BCUT2D eigenvalue weighted by atomic mass is 32.2. The van der Waals surface area contributed by atoms with Crippen LogP contribution in [0, 0.1) is 17.0 Å². The molecular formula is C19H23N3O7S2. The first kappa shape index (κ1) is 23.0. The van der Waals surface area contributed by atoms with Crippen molar-refractivity contribution in [3.05, 3.63) is 52.1 Å². The summed E-state index contributed by atoms with van der Waals surface area (Å²) in [5, 5.41) is 11.1. The number of nitrogens with one attached hydrogen (secondary N) is 1. The quantitative estimate of drug-likeness (QED) is 0.486. The molecule has 0 spiro atoms. The highest BCUT2D eigenvalue weighted by Gasteiger charge is 2.28. The number of ether oxygens (including phenoxy) is 1. The standard InChI is InChI=1S/C19H23N3O7S2/c1-14-6-7-15(22(23)24)12-19(14)30(25,26)20-17-13-16(8-9-18(17)29-2)31(27,28)21-10-4-3-5-11-21/h6-9,12-13,20H,3-5,10-11H2,1-2H3. The number of nitro benzene ring substituents is 1. The Kier molecular flexibility index (Phi) is 6.53. The minimum atomic E-state index is -4.26. The fourth-order valence-corrected chi connectivity index (χ4v) is 6.24. The second-order valence-electron chi connectivity index (χ2n) is 7.14. The third-order valence-electron chi connectivity index (χ3n) is 5.04. The summed E-state index contributed by atoms with van der Waals surface area (Å²) in [6.45, 7) is 2.32. The van der Waals surface area contributed by atoms with Crippen molar-refractivity contribution in [2.45, 2.75) is 36.0 Å². The average molecular weight is 470 g/mol. The average Bonchev–Trinajstić information content (AvgIpc) is 2.74. The van der Waals surface area contributed by atoms with Gasteiger partial charge in [-0.1, -0.05) is 12.5 Å². The lowest BCUT2D eigenvalue weighted by atomic mass is 10.2. The summed E-state index contributed by atoms with van der Waals surface area (Å²) in [5.41, 5.74) is -0.153. The Hall–Kier alpha value is -2.70. The van der Waals surface area contributed by atoms with Crippen LogP contribution >= 0.6 is 0 Å². The van der Waals surface area contributed by atoms with Crippen LogP contribution in [0.5, 0.6) is 5.75 Å². The molecule has 0 aromatic heterocycles. The zero-order valence-electron chi connectivity index (χ0n) is 17.1. The van der Waals surface area contributed by atoms with Crippen LogP contribution in [0.15, 0.2) is 46.2 Å². The Morgan fingerprint density at radius 3 is 2.32 bits per heavy atom. The van der Waals surface area contributed by atoms with E-state index >= 15 is 0 Å². The zero-order valence-corrected chi connectivity index (χ0v) is 18.7. The molecule has 3 rings (SSSR count). The number of methoxy groups -OCH3 is 1. The minimum absolute atomic E-state index is 0.0661. The molecule has 0 aliphatic carbocycles. The molecule has 168 valence electrons. The molecular weight excluding hydrogens is 446 g/mol. The number of aryl methyl sites for hydroxylation is 1. The second kappa shape index (κ2) is 8.81. The molecule has 1 N–H and O–H groups in total. The number of anilines is 1. The number of piperidine rings is 1. The first-order chi connectivity index (χ1) is 14.6. The molecule has 1 aliphatic rings. The fraction of sp³-hybridized carbons (Fsp3) is 0.368. The molecule has 10 nitrogen and oxygen atoms in total. The monoisotopic (exact) mass is 469 g/mol. The normalized spacial score (nSPS) is 15.4. The molecule has 0 radical (unpaired) electrons. The largest absolute Gasteiger partial charge is 0.495 e. The van der Waals surface area contributed by atoms with Gasteiger partial charge < -0.3 is 4.74 Å².